The maximum Gasteiger partial charge on any atom is 0.0991 e. The summed E-state index contributed by atoms with van der Waals surface area (Å²) in [5, 5.41) is 19.8. The zero-order chi connectivity index (χ0) is 21.8. The number of benzene rings is 1. The standard InChI is InChI=1S/C25H25ClN4O/c1-17-10-22(26)13-29-23(17)15-30(14-20-8-7-18(12-27)11-21(20)16-31)24-6-2-4-19-5-3-9-28-25(19)24/h3,5,7-11,13,24,31H,2,4,6,14-16H2,1H3. The van der Waals surface area contributed by atoms with Crippen molar-refractivity contribution in [3.05, 3.63) is 93.0 Å². The molecule has 0 radical (unpaired) electrons. The van der Waals surface area contributed by atoms with Gasteiger partial charge in [-0.25, -0.2) is 0 Å². The van der Waals surface area contributed by atoms with E-state index in [9.17, 15) is 10.4 Å². The van der Waals surface area contributed by atoms with Crippen LogP contribution in [0.4, 0.5) is 0 Å². The van der Waals surface area contributed by atoms with Crippen molar-refractivity contribution < 1.29 is 5.11 Å². The molecule has 0 fully saturated rings. The summed E-state index contributed by atoms with van der Waals surface area (Å²) in [5.74, 6) is 0. The Kier molecular flexibility index (Phi) is 6.62. The molecule has 2 heterocycles. The molecule has 1 unspecified atom stereocenters. The van der Waals surface area contributed by atoms with Gasteiger partial charge in [0.2, 0.25) is 0 Å². The number of aryl methyl sites for hydroxylation is 2. The van der Waals surface area contributed by atoms with E-state index in [1.165, 1.54) is 5.56 Å². The van der Waals surface area contributed by atoms with Crippen molar-refractivity contribution in [2.24, 2.45) is 0 Å². The molecule has 5 nitrogen and oxygen atoms in total. The molecule has 0 saturated heterocycles. The quantitative estimate of drug-likeness (QED) is 0.600. The van der Waals surface area contributed by atoms with Crippen LogP contribution in [0.25, 0.3) is 0 Å². The number of nitrogens with zero attached hydrogens (tertiary/aromatic N) is 4. The molecule has 0 amide bonds. The molecule has 1 atom stereocenters. The van der Waals surface area contributed by atoms with Crippen LogP contribution in [0, 0.1) is 18.3 Å². The summed E-state index contributed by atoms with van der Waals surface area (Å²) < 4.78 is 0. The van der Waals surface area contributed by atoms with E-state index < -0.39 is 0 Å². The molecule has 0 spiro atoms. The fourth-order valence-electron chi connectivity index (χ4n) is 4.36. The first-order chi connectivity index (χ1) is 15.1. The third-order valence-electron chi connectivity index (χ3n) is 5.99. The number of aliphatic hydroxyl groups is 1. The van der Waals surface area contributed by atoms with Crippen LogP contribution in [0.1, 0.15) is 58.1 Å². The predicted octanol–water partition coefficient (Wildman–Crippen LogP) is 4.88. The van der Waals surface area contributed by atoms with Gasteiger partial charge in [0.1, 0.15) is 0 Å². The molecule has 158 valence electrons. The van der Waals surface area contributed by atoms with Crippen LogP contribution in [-0.2, 0) is 26.1 Å². The molecule has 1 aromatic carbocycles. The monoisotopic (exact) mass is 432 g/mol. The summed E-state index contributed by atoms with van der Waals surface area (Å²) in [4.78, 5) is 11.7. The van der Waals surface area contributed by atoms with Gasteiger partial charge in [0.25, 0.3) is 0 Å². The molecule has 1 aliphatic carbocycles. The maximum absolute atomic E-state index is 9.92. The largest absolute Gasteiger partial charge is 0.392 e. The van der Waals surface area contributed by atoms with Crippen molar-refractivity contribution in [3.63, 3.8) is 0 Å². The van der Waals surface area contributed by atoms with Crippen LogP contribution in [0.5, 0.6) is 0 Å². The summed E-state index contributed by atoms with van der Waals surface area (Å²) in [7, 11) is 0. The first kappa shape index (κ1) is 21.5. The van der Waals surface area contributed by atoms with Crippen LogP contribution >= 0.6 is 11.6 Å². The molecule has 3 aromatic rings. The van der Waals surface area contributed by atoms with E-state index in [2.05, 4.69) is 22.0 Å². The average Bonchev–Trinajstić information content (AvgIpc) is 2.80. The van der Waals surface area contributed by atoms with Crippen LogP contribution < -0.4 is 0 Å². The maximum atomic E-state index is 9.92. The number of rotatable bonds is 6. The Balaban J connectivity index is 1.72. The Labute approximate surface area is 188 Å². The van der Waals surface area contributed by atoms with E-state index in [-0.39, 0.29) is 12.6 Å². The number of halogens is 1. The highest BCUT2D eigenvalue weighted by molar-refractivity contribution is 6.30. The Hall–Kier alpha value is -2.78. The van der Waals surface area contributed by atoms with Crippen LogP contribution in [-0.4, -0.2) is 20.0 Å². The molecule has 2 aromatic heterocycles. The molecule has 4 rings (SSSR count). The Morgan fingerprint density at radius 1 is 1.19 bits per heavy atom. The molecular formula is C25H25ClN4O. The van der Waals surface area contributed by atoms with Gasteiger partial charge in [0.05, 0.1) is 40.7 Å². The van der Waals surface area contributed by atoms with E-state index in [0.29, 0.717) is 23.7 Å². The lowest BCUT2D eigenvalue weighted by Gasteiger charge is -2.35. The number of hydrogen-bond acceptors (Lipinski definition) is 5. The summed E-state index contributed by atoms with van der Waals surface area (Å²) in [6.45, 7) is 3.21. The van der Waals surface area contributed by atoms with Gasteiger partial charge in [-0.1, -0.05) is 23.7 Å². The smallest absolute Gasteiger partial charge is 0.0991 e. The van der Waals surface area contributed by atoms with Crippen molar-refractivity contribution in [1.29, 1.82) is 5.26 Å². The summed E-state index contributed by atoms with van der Waals surface area (Å²) >= 11 is 6.13. The second kappa shape index (κ2) is 9.57. The fraction of sp³-hybridized carbons (Fsp3) is 0.320. The number of nitriles is 1. The Morgan fingerprint density at radius 3 is 2.84 bits per heavy atom. The van der Waals surface area contributed by atoms with Crippen molar-refractivity contribution in [2.45, 2.75) is 51.9 Å². The first-order valence-electron chi connectivity index (χ1n) is 10.5. The fourth-order valence-corrected chi connectivity index (χ4v) is 4.57. The number of aromatic nitrogens is 2. The minimum absolute atomic E-state index is 0.101. The van der Waals surface area contributed by atoms with Gasteiger partial charge >= 0.3 is 0 Å². The van der Waals surface area contributed by atoms with Crippen molar-refractivity contribution in [2.75, 3.05) is 0 Å². The SMILES string of the molecule is Cc1cc(Cl)cnc1CN(Cc1ccc(C#N)cc1CO)C1CCCc2cccnc21. The average molecular weight is 433 g/mol. The third-order valence-corrected chi connectivity index (χ3v) is 6.20. The summed E-state index contributed by atoms with van der Waals surface area (Å²) in [6.07, 6.45) is 6.72. The van der Waals surface area contributed by atoms with Gasteiger partial charge in [-0.15, -0.1) is 0 Å². The van der Waals surface area contributed by atoms with Gasteiger partial charge in [-0.2, -0.15) is 5.26 Å². The van der Waals surface area contributed by atoms with Crippen molar-refractivity contribution >= 4 is 11.6 Å². The number of pyridine rings is 2. The zero-order valence-corrected chi connectivity index (χ0v) is 18.3. The number of hydrogen-bond donors (Lipinski definition) is 1. The molecule has 6 heteroatoms. The third kappa shape index (κ3) is 4.77. The van der Waals surface area contributed by atoms with E-state index in [1.54, 1.807) is 12.3 Å². The number of aliphatic hydroxyl groups excluding tert-OH is 1. The minimum atomic E-state index is -0.101. The summed E-state index contributed by atoms with van der Waals surface area (Å²) in [6, 6.07) is 13.9. The highest BCUT2D eigenvalue weighted by Gasteiger charge is 2.28. The van der Waals surface area contributed by atoms with Gasteiger partial charge in [-0.3, -0.25) is 14.9 Å². The minimum Gasteiger partial charge on any atom is -0.392 e. The van der Waals surface area contributed by atoms with Gasteiger partial charge in [0, 0.05) is 25.5 Å². The Bertz CT molecular complexity index is 1120. The van der Waals surface area contributed by atoms with Crippen LogP contribution in [0.15, 0.2) is 48.8 Å². The highest BCUT2D eigenvalue weighted by Crippen LogP contribution is 2.35. The normalized spacial score (nSPS) is 15.5. The topological polar surface area (TPSA) is 73.0 Å². The van der Waals surface area contributed by atoms with Gasteiger partial charge in [-0.05, 0) is 72.7 Å². The predicted molar refractivity (Wildman–Crippen MR) is 120 cm³/mol. The molecule has 31 heavy (non-hydrogen) atoms. The van der Waals surface area contributed by atoms with Crippen LogP contribution in [0.2, 0.25) is 5.02 Å². The van der Waals surface area contributed by atoms with E-state index >= 15 is 0 Å². The van der Waals surface area contributed by atoms with E-state index in [1.807, 2.05) is 37.4 Å². The van der Waals surface area contributed by atoms with E-state index in [4.69, 9.17) is 16.6 Å². The second-order valence-corrected chi connectivity index (χ2v) is 8.47. The zero-order valence-electron chi connectivity index (χ0n) is 17.6. The van der Waals surface area contributed by atoms with Crippen molar-refractivity contribution in [1.82, 2.24) is 14.9 Å². The van der Waals surface area contributed by atoms with Crippen LogP contribution in [0.3, 0.4) is 0 Å². The first-order valence-corrected chi connectivity index (χ1v) is 10.9. The number of fused-ring (bicyclic) bond motifs is 1. The molecule has 1 aliphatic rings. The summed E-state index contributed by atoms with van der Waals surface area (Å²) in [5.41, 5.74) is 6.80. The Morgan fingerprint density at radius 2 is 2.06 bits per heavy atom. The lowest BCUT2D eigenvalue weighted by molar-refractivity contribution is 0.153. The lowest BCUT2D eigenvalue weighted by atomic mass is 9.90. The highest BCUT2D eigenvalue weighted by atomic mass is 35.5. The molecule has 0 aliphatic heterocycles. The van der Waals surface area contributed by atoms with Crippen molar-refractivity contribution in [3.8, 4) is 6.07 Å². The molecule has 0 bridgehead atoms. The second-order valence-electron chi connectivity index (χ2n) is 8.03. The molecule has 0 saturated carbocycles. The van der Waals surface area contributed by atoms with Gasteiger partial charge < -0.3 is 5.11 Å². The molecular weight excluding hydrogens is 408 g/mol. The lowest BCUT2D eigenvalue weighted by Crippen LogP contribution is -2.32. The van der Waals surface area contributed by atoms with Gasteiger partial charge in [0.15, 0.2) is 0 Å². The molecule has 1 N–H and O–H groups in total. The van der Waals surface area contributed by atoms with E-state index in [0.717, 1.165) is 47.3 Å².